The highest BCUT2D eigenvalue weighted by molar-refractivity contribution is 5.78. The zero-order valence-electron chi connectivity index (χ0n) is 10.8. The molecule has 2 aromatic carbocycles. The molecule has 0 aliphatic carbocycles. The van der Waals surface area contributed by atoms with E-state index in [9.17, 15) is 8.78 Å². The number of nitrogens with zero attached hydrogens (tertiary/aromatic N) is 2. The Bertz CT molecular complexity index is 763. The first-order valence-electron chi connectivity index (χ1n) is 6.24. The summed E-state index contributed by atoms with van der Waals surface area (Å²) in [4.78, 5) is 4.16. The van der Waals surface area contributed by atoms with E-state index in [4.69, 9.17) is 5.73 Å². The van der Waals surface area contributed by atoms with Crippen LogP contribution in [-0.2, 0) is 0 Å². The Kier molecular flexibility index (Phi) is 2.89. The zero-order valence-corrected chi connectivity index (χ0v) is 10.8. The van der Waals surface area contributed by atoms with E-state index in [1.807, 2.05) is 11.5 Å². The van der Waals surface area contributed by atoms with Crippen LogP contribution in [0, 0.1) is 11.6 Å². The fourth-order valence-corrected chi connectivity index (χ4v) is 2.39. The van der Waals surface area contributed by atoms with Gasteiger partial charge in [-0.2, -0.15) is 0 Å². The number of hydrogen-bond acceptors (Lipinski definition) is 2. The van der Waals surface area contributed by atoms with Gasteiger partial charge in [-0.05, 0) is 36.8 Å². The van der Waals surface area contributed by atoms with Crippen molar-refractivity contribution in [2.75, 3.05) is 5.73 Å². The summed E-state index contributed by atoms with van der Waals surface area (Å²) in [7, 11) is 0. The maximum Gasteiger partial charge on any atom is 0.201 e. The third kappa shape index (κ3) is 2.01. The molecule has 0 bridgehead atoms. The SMILES string of the molecule is CC(c1ccc(F)cc1)n1c(N)nc2cc(F)ccc21. The number of fused-ring (bicyclic) bond motifs is 1. The van der Waals surface area contributed by atoms with Gasteiger partial charge in [0.05, 0.1) is 17.1 Å². The smallest absolute Gasteiger partial charge is 0.201 e. The van der Waals surface area contributed by atoms with Crippen LogP contribution in [0.4, 0.5) is 14.7 Å². The number of aromatic nitrogens is 2. The van der Waals surface area contributed by atoms with Crippen LogP contribution in [0.3, 0.4) is 0 Å². The molecule has 0 aliphatic rings. The lowest BCUT2D eigenvalue weighted by Gasteiger charge is -2.16. The number of nitrogen functional groups attached to an aromatic ring is 1. The summed E-state index contributed by atoms with van der Waals surface area (Å²) in [5, 5.41) is 0. The number of nitrogens with two attached hydrogens (primary N) is 1. The van der Waals surface area contributed by atoms with Crippen molar-refractivity contribution in [1.82, 2.24) is 9.55 Å². The molecule has 0 radical (unpaired) electrons. The normalized spacial score (nSPS) is 12.8. The minimum Gasteiger partial charge on any atom is -0.369 e. The van der Waals surface area contributed by atoms with Crippen LogP contribution in [0.25, 0.3) is 11.0 Å². The molecule has 3 nitrogen and oxygen atoms in total. The summed E-state index contributed by atoms with van der Waals surface area (Å²) in [6.07, 6.45) is 0. The van der Waals surface area contributed by atoms with E-state index < -0.39 is 0 Å². The minimum absolute atomic E-state index is 0.119. The largest absolute Gasteiger partial charge is 0.369 e. The monoisotopic (exact) mass is 273 g/mol. The number of benzene rings is 2. The van der Waals surface area contributed by atoms with Crippen molar-refractivity contribution in [3.63, 3.8) is 0 Å². The van der Waals surface area contributed by atoms with Crippen molar-refractivity contribution in [2.24, 2.45) is 0 Å². The summed E-state index contributed by atoms with van der Waals surface area (Å²) in [5.41, 5.74) is 8.09. The van der Waals surface area contributed by atoms with Gasteiger partial charge >= 0.3 is 0 Å². The molecule has 0 saturated heterocycles. The summed E-state index contributed by atoms with van der Waals surface area (Å²) in [6, 6.07) is 10.5. The first-order chi connectivity index (χ1) is 9.56. The summed E-state index contributed by atoms with van der Waals surface area (Å²) in [6.45, 7) is 1.94. The number of hydrogen-bond donors (Lipinski definition) is 1. The third-order valence-corrected chi connectivity index (χ3v) is 3.42. The summed E-state index contributed by atoms with van der Waals surface area (Å²) < 4.78 is 28.0. The molecule has 0 spiro atoms. The molecule has 1 heterocycles. The molecule has 20 heavy (non-hydrogen) atoms. The van der Waals surface area contributed by atoms with E-state index in [-0.39, 0.29) is 17.7 Å². The van der Waals surface area contributed by atoms with Gasteiger partial charge in [-0.3, -0.25) is 0 Å². The van der Waals surface area contributed by atoms with Gasteiger partial charge in [0.2, 0.25) is 5.95 Å². The van der Waals surface area contributed by atoms with E-state index >= 15 is 0 Å². The Morgan fingerprint density at radius 3 is 2.40 bits per heavy atom. The average molecular weight is 273 g/mol. The Hall–Kier alpha value is -2.43. The first-order valence-corrected chi connectivity index (χ1v) is 6.24. The summed E-state index contributed by atoms with van der Waals surface area (Å²) >= 11 is 0. The fourth-order valence-electron chi connectivity index (χ4n) is 2.39. The van der Waals surface area contributed by atoms with E-state index in [2.05, 4.69) is 4.98 Å². The molecule has 1 aromatic heterocycles. The molecule has 0 fully saturated rings. The van der Waals surface area contributed by atoms with Crippen molar-refractivity contribution < 1.29 is 8.78 Å². The lowest BCUT2D eigenvalue weighted by atomic mass is 10.1. The average Bonchev–Trinajstić information content (AvgIpc) is 2.73. The molecule has 5 heteroatoms. The first kappa shape index (κ1) is 12.6. The molecule has 0 aliphatic heterocycles. The van der Waals surface area contributed by atoms with E-state index in [1.54, 1.807) is 18.2 Å². The molecule has 102 valence electrons. The van der Waals surface area contributed by atoms with E-state index in [0.717, 1.165) is 11.1 Å². The van der Waals surface area contributed by atoms with Crippen molar-refractivity contribution >= 4 is 17.0 Å². The maximum absolute atomic E-state index is 13.2. The molecule has 3 aromatic rings. The van der Waals surface area contributed by atoms with E-state index in [1.165, 1.54) is 24.3 Å². The molecule has 1 atom stereocenters. The second-order valence-electron chi connectivity index (χ2n) is 4.70. The zero-order chi connectivity index (χ0) is 14.3. The second kappa shape index (κ2) is 4.59. The van der Waals surface area contributed by atoms with Gasteiger partial charge in [0.25, 0.3) is 0 Å². The van der Waals surface area contributed by atoms with Crippen molar-refractivity contribution in [1.29, 1.82) is 0 Å². The molecule has 1 unspecified atom stereocenters. The van der Waals surface area contributed by atoms with Gasteiger partial charge in [0, 0.05) is 6.07 Å². The minimum atomic E-state index is -0.350. The van der Waals surface area contributed by atoms with Crippen LogP contribution >= 0.6 is 0 Å². The van der Waals surface area contributed by atoms with Crippen molar-refractivity contribution in [2.45, 2.75) is 13.0 Å². The van der Waals surface area contributed by atoms with E-state index in [0.29, 0.717) is 11.5 Å². The second-order valence-corrected chi connectivity index (χ2v) is 4.70. The van der Waals surface area contributed by atoms with Crippen molar-refractivity contribution in [3.05, 3.63) is 59.7 Å². The van der Waals surface area contributed by atoms with Crippen LogP contribution in [0.2, 0.25) is 0 Å². The molecule has 0 amide bonds. The third-order valence-electron chi connectivity index (χ3n) is 3.42. The Morgan fingerprint density at radius 2 is 1.70 bits per heavy atom. The highest BCUT2D eigenvalue weighted by atomic mass is 19.1. The topological polar surface area (TPSA) is 43.8 Å². The van der Waals surface area contributed by atoms with Crippen LogP contribution in [0.15, 0.2) is 42.5 Å². The lowest BCUT2D eigenvalue weighted by Crippen LogP contribution is -2.10. The molecular formula is C15H13F2N3. The van der Waals surface area contributed by atoms with Crippen LogP contribution < -0.4 is 5.73 Å². The quantitative estimate of drug-likeness (QED) is 0.776. The van der Waals surface area contributed by atoms with Gasteiger partial charge in [0.1, 0.15) is 11.6 Å². The number of imidazole rings is 1. The fraction of sp³-hybridized carbons (Fsp3) is 0.133. The molecular weight excluding hydrogens is 260 g/mol. The van der Waals surface area contributed by atoms with Crippen molar-refractivity contribution in [3.8, 4) is 0 Å². The van der Waals surface area contributed by atoms with Crippen LogP contribution in [-0.4, -0.2) is 9.55 Å². The number of halogens is 2. The number of rotatable bonds is 2. The Morgan fingerprint density at radius 1 is 1.05 bits per heavy atom. The van der Waals surface area contributed by atoms with Gasteiger partial charge in [0.15, 0.2) is 0 Å². The Labute approximate surface area is 114 Å². The predicted octanol–water partition coefficient (Wildman–Crippen LogP) is 3.51. The standard InChI is InChI=1S/C15H13F2N3/c1-9(10-2-4-11(16)5-3-10)20-14-7-6-12(17)8-13(14)19-15(20)18/h2-9H,1H3,(H2,18,19). The summed E-state index contributed by atoms with van der Waals surface area (Å²) in [5.74, 6) is -0.328. The predicted molar refractivity (Wildman–Crippen MR) is 74.3 cm³/mol. The Balaban J connectivity index is 2.13. The molecule has 0 saturated carbocycles. The number of anilines is 1. The highest BCUT2D eigenvalue weighted by Crippen LogP contribution is 2.27. The van der Waals surface area contributed by atoms with Crippen LogP contribution in [0.5, 0.6) is 0 Å². The van der Waals surface area contributed by atoms with Gasteiger partial charge in [-0.25, -0.2) is 13.8 Å². The van der Waals surface area contributed by atoms with Gasteiger partial charge in [-0.1, -0.05) is 12.1 Å². The molecule has 3 rings (SSSR count). The van der Waals surface area contributed by atoms with Gasteiger partial charge < -0.3 is 10.3 Å². The van der Waals surface area contributed by atoms with Crippen LogP contribution in [0.1, 0.15) is 18.5 Å². The maximum atomic E-state index is 13.2. The lowest BCUT2D eigenvalue weighted by molar-refractivity contribution is 0.620. The highest BCUT2D eigenvalue weighted by Gasteiger charge is 2.16. The van der Waals surface area contributed by atoms with Gasteiger partial charge in [-0.15, -0.1) is 0 Å². The molecule has 2 N–H and O–H groups in total.